The van der Waals surface area contributed by atoms with Gasteiger partial charge in [0.25, 0.3) is 0 Å². The summed E-state index contributed by atoms with van der Waals surface area (Å²) < 4.78 is 39.6. The van der Waals surface area contributed by atoms with Gasteiger partial charge in [0.15, 0.2) is 0 Å². The van der Waals surface area contributed by atoms with E-state index in [0.717, 1.165) is 0 Å². The van der Waals surface area contributed by atoms with Gasteiger partial charge in [-0.2, -0.15) is 8.78 Å². The first-order chi connectivity index (χ1) is 8.49. The Morgan fingerprint density at radius 3 is 2.39 bits per heavy atom. The molecule has 0 aliphatic rings. The lowest BCUT2D eigenvalue weighted by Gasteiger charge is -2.14. The molecule has 0 aromatic heterocycles. The summed E-state index contributed by atoms with van der Waals surface area (Å²) in [5, 5.41) is 0. The van der Waals surface area contributed by atoms with E-state index < -0.39 is 18.7 Å². The molecule has 0 heterocycles. The maximum atomic E-state index is 13.1. The van der Waals surface area contributed by atoms with Crippen LogP contribution in [0.1, 0.15) is 12.5 Å². The number of benzene rings is 1. The predicted molar refractivity (Wildman–Crippen MR) is 59.4 cm³/mol. The normalized spacial score (nSPS) is 11.1. The van der Waals surface area contributed by atoms with Crippen molar-refractivity contribution in [1.29, 1.82) is 0 Å². The van der Waals surface area contributed by atoms with E-state index in [0.29, 0.717) is 11.3 Å². The van der Waals surface area contributed by atoms with Crippen LogP contribution in [0.25, 0.3) is 0 Å². The third-order valence-electron chi connectivity index (χ3n) is 2.09. The van der Waals surface area contributed by atoms with E-state index in [4.69, 9.17) is 4.74 Å². The number of esters is 1. The molecule has 0 saturated heterocycles. The molecule has 6 heteroatoms. The first-order valence-corrected chi connectivity index (χ1v) is 5.31. The van der Waals surface area contributed by atoms with Crippen LogP contribution in [-0.2, 0) is 20.9 Å². The van der Waals surface area contributed by atoms with E-state index in [9.17, 15) is 13.6 Å². The van der Waals surface area contributed by atoms with Crippen LogP contribution in [0.2, 0.25) is 0 Å². The Bertz CT molecular complexity index is 390. The Labute approximate surface area is 103 Å². The lowest BCUT2D eigenvalue weighted by atomic mass is 10.2. The van der Waals surface area contributed by atoms with Gasteiger partial charge in [0.05, 0.1) is 20.3 Å². The van der Waals surface area contributed by atoms with Crippen LogP contribution in [0.15, 0.2) is 24.3 Å². The summed E-state index contributed by atoms with van der Waals surface area (Å²) in [5.41, 5.74) is 0.500. The van der Waals surface area contributed by atoms with E-state index in [1.54, 1.807) is 24.3 Å². The molecule has 1 aromatic carbocycles. The van der Waals surface area contributed by atoms with Crippen molar-refractivity contribution in [2.75, 3.05) is 13.7 Å². The van der Waals surface area contributed by atoms with Crippen molar-refractivity contribution in [3.8, 4) is 5.75 Å². The number of carbonyl (C=O) groups is 1. The number of methoxy groups -OCH3 is 1. The Hall–Kier alpha value is -1.69. The van der Waals surface area contributed by atoms with E-state index in [-0.39, 0.29) is 6.61 Å². The number of halogens is 2. The first-order valence-electron chi connectivity index (χ1n) is 5.31. The van der Waals surface area contributed by atoms with E-state index in [1.165, 1.54) is 14.0 Å². The summed E-state index contributed by atoms with van der Waals surface area (Å²) in [6.45, 7) is 0.924. The fraction of sp³-hybridized carbons (Fsp3) is 0.417. The molecule has 0 spiro atoms. The van der Waals surface area contributed by atoms with Crippen LogP contribution in [0.5, 0.6) is 5.75 Å². The second-order valence-electron chi connectivity index (χ2n) is 3.37. The summed E-state index contributed by atoms with van der Waals surface area (Å²) >= 11 is 0. The smallest absolute Gasteiger partial charge is 0.456 e. The van der Waals surface area contributed by atoms with Crippen LogP contribution in [0, 0.1) is 0 Å². The van der Waals surface area contributed by atoms with E-state index in [2.05, 4.69) is 9.47 Å². The SMILES string of the molecule is CCOC(=O)C(F)(F)OCc1ccc(OC)cc1. The molecule has 4 nitrogen and oxygen atoms in total. The molecule has 0 bridgehead atoms. The van der Waals surface area contributed by atoms with Gasteiger partial charge in [0.1, 0.15) is 5.75 Å². The summed E-state index contributed by atoms with van der Waals surface area (Å²) in [6, 6.07) is 6.36. The number of hydrogen-bond acceptors (Lipinski definition) is 4. The van der Waals surface area contributed by atoms with Crippen LogP contribution in [0.4, 0.5) is 8.78 Å². The quantitative estimate of drug-likeness (QED) is 0.736. The average Bonchev–Trinajstić information content (AvgIpc) is 2.37. The largest absolute Gasteiger partial charge is 0.497 e. The lowest BCUT2D eigenvalue weighted by molar-refractivity contribution is -0.254. The molecule has 1 rings (SSSR count). The second-order valence-corrected chi connectivity index (χ2v) is 3.37. The highest BCUT2D eigenvalue weighted by atomic mass is 19.3. The van der Waals surface area contributed by atoms with Crippen molar-refractivity contribution < 1.29 is 27.8 Å². The molecule has 0 N–H and O–H groups in total. The van der Waals surface area contributed by atoms with Gasteiger partial charge in [0.2, 0.25) is 0 Å². The number of carbonyl (C=O) groups excluding carboxylic acids is 1. The minimum atomic E-state index is -3.93. The second kappa shape index (κ2) is 6.30. The first kappa shape index (κ1) is 14.4. The highest BCUT2D eigenvalue weighted by Gasteiger charge is 2.42. The average molecular weight is 260 g/mol. The lowest BCUT2D eigenvalue weighted by Crippen LogP contribution is -2.33. The molecule has 0 aliphatic heterocycles. The number of hydrogen-bond donors (Lipinski definition) is 0. The maximum Gasteiger partial charge on any atom is 0.456 e. The van der Waals surface area contributed by atoms with Crippen molar-refractivity contribution >= 4 is 5.97 Å². The zero-order valence-corrected chi connectivity index (χ0v) is 10.1. The molecule has 0 unspecified atom stereocenters. The monoisotopic (exact) mass is 260 g/mol. The molecule has 0 amide bonds. The molecule has 0 fully saturated rings. The van der Waals surface area contributed by atoms with Crippen molar-refractivity contribution in [3.05, 3.63) is 29.8 Å². The summed E-state index contributed by atoms with van der Waals surface area (Å²) in [4.78, 5) is 10.9. The molecule has 100 valence electrons. The fourth-order valence-corrected chi connectivity index (χ4v) is 1.17. The van der Waals surface area contributed by atoms with Gasteiger partial charge in [-0.05, 0) is 24.6 Å². The molecule has 0 aliphatic carbocycles. The number of ether oxygens (including phenoxy) is 3. The van der Waals surface area contributed by atoms with Gasteiger partial charge >= 0.3 is 12.1 Å². The standard InChI is InChI=1S/C12H14F2O4/c1-3-17-11(15)12(13,14)18-8-9-4-6-10(16-2)7-5-9/h4-7H,3,8H2,1-2H3. The van der Waals surface area contributed by atoms with Crippen LogP contribution in [0.3, 0.4) is 0 Å². The third-order valence-corrected chi connectivity index (χ3v) is 2.09. The molecule has 0 radical (unpaired) electrons. The third kappa shape index (κ3) is 3.96. The van der Waals surface area contributed by atoms with Gasteiger partial charge < -0.3 is 14.2 Å². The van der Waals surface area contributed by atoms with Gasteiger partial charge in [-0.1, -0.05) is 12.1 Å². The Kier molecular flexibility index (Phi) is 5.03. The van der Waals surface area contributed by atoms with Crippen molar-refractivity contribution in [1.82, 2.24) is 0 Å². The highest BCUT2D eigenvalue weighted by molar-refractivity contribution is 5.75. The predicted octanol–water partition coefficient (Wildman–Crippen LogP) is 2.37. The fourth-order valence-electron chi connectivity index (χ4n) is 1.17. The van der Waals surface area contributed by atoms with Crippen LogP contribution in [-0.4, -0.2) is 25.8 Å². The minimum absolute atomic E-state index is 0.125. The zero-order valence-electron chi connectivity index (χ0n) is 10.1. The van der Waals surface area contributed by atoms with Gasteiger partial charge in [-0.3, -0.25) is 0 Å². The molecule has 1 aromatic rings. The van der Waals surface area contributed by atoms with Gasteiger partial charge in [0, 0.05) is 0 Å². The molecule has 0 atom stereocenters. The Morgan fingerprint density at radius 2 is 1.89 bits per heavy atom. The minimum Gasteiger partial charge on any atom is -0.497 e. The van der Waals surface area contributed by atoms with E-state index >= 15 is 0 Å². The van der Waals surface area contributed by atoms with Crippen LogP contribution >= 0.6 is 0 Å². The van der Waals surface area contributed by atoms with Crippen molar-refractivity contribution in [2.24, 2.45) is 0 Å². The highest BCUT2D eigenvalue weighted by Crippen LogP contribution is 2.20. The van der Waals surface area contributed by atoms with Gasteiger partial charge in [-0.25, -0.2) is 4.79 Å². The molecule has 18 heavy (non-hydrogen) atoms. The zero-order chi connectivity index (χ0) is 13.6. The number of alkyl halides is 2. The Balaban J connectivity index is 2.55. The summed E-state index contributed by atoms with van der Waals surface area (Å²) in [6.07, 6.45) is -3.93. The maximum absolute atomic E-state index is 13.1. The van der Waals surface area contributed by atoms with E-state index in [1.807, 2.05) is 0 Å². The molecular formula is C12H14F2O4. The summed E-state index contributed by atoms with van der Waals surface area (Å²) in [5.74, 6) is -1.07. The van der Waals surface area contributed by atoms with Crippen molar-refractivity contribution in [3.63, 3.8) is 0 Å². The van der Waals surface area contributed by atoms with Crippen molar-refractivity contribution in [2.45, 2.75) is 19.6 Å². The number of rotatable bonds is 6. The van der Waals surface area contributed by atoms with Gasteiger partial charge in [-0.15, -0.1) is 0 Å². The summed E-state index contributed by atoms with van der Waals surface area (Å²) in [7, 11) is 1.50. The molecule has 0 saturated carbocycles. The Morgan fingerprint density at radius 1 is 1.28 bits per heavy atom. The topological polar surface area (TPSA) is 44.8 Å². The molecular weight excluding hydrogens is 246 g/mol. The van der Waals surface area contributed by atoms with Crippen LogP contribution < -0.4 is 4.74 Å².